The molecule has 162 valence electrons. The predicted octanol–water partition coefficient (Wildman–Crippen LogP) is 2.98. The van der Waals surface area contributed by atoms with Crippen molar-refractivity contribution in [3.8, 4) is 0 Å². The van der Waals surface area contributed by atoms with E-state index in [1.165, 1.54) is 22.7 Å². The molecule has 0 bridgehead atoms. The number of benzene rings is 2. The Morgan fingerprint density at radius 1 is 1.07 bits per heavy atom. The fraction of sp³-hybridized carbons (Fsp3) is 0.435. The lowest BCUT2D eigenvalue weighted by Gasteiger charge is -2.24. The van der Waals surface area contributed by atoms with Crippen molar-refractivity contribution in [2.45, 2.75) is 39.8 Å². The number of hydrogen-bond acceptors (Lipinski definition) is 4. The third-order valence-electron chi connectivity index (χ3n) is 5.51. The fourth-order valence-electron chi connectivity index (χ4n) is 3.82. The second kappa shape index (κ2) is 9.62. The largest absolute Gasteiger partial charge is 0.350 e. The summed E-state index contributed by atoms with van der Waals surface area (Å²) in [6.45, 7) is 6.99. The number of aryl methyl sites for hydroxylation is 2. The molecular weight excluding hydrogens is 398 g/mol. The van der Waals surface area contributed by atoms with Crippen LogP contribution in [0, 0.1) is 13.8 Å². The Bertz CT molecular complexity index is 999. The van der Waals surface area contributed by atoms with Crippen molar-refractivity contribution in [3.63, 3.8) is 0 Å². The molecule has 3 rings (SSSR count). The van der Waals surface area contributed by atoms with Crippen molar-refractivity contribution in [1.29, 1.82) is 0 Å². The summed E-state index contributed by atoms with van der Waals surface area (Å²) in [5, 5.41) is 2.91. The second-order valence-corrected chi connectivity index (χ2v) is 10.00. The van der Waals surface area contributed by atoms with E-state index in [0.717, 1.165) is 42.6 Å². The Morgan fingerprint density at radius 2 is 1.73 bits per heavy atom. The van der Waals surface area contributed by atoms with E-state index in [1.807, 2.05) is 44.2 Å². The topological polar surface area (TPSA) is 69.7 Å². The standard InChI is InChI=1S/C23H31N3O3S/c1-18-10-11-19(2)22(14-18)26(30(3,28)29)17-23(27)24-15-20-8-4-5-9-21(20)16-25-12-6-7-13-25/h4-5,8-11,14H,6-7,12-13,15-17H2,1-3H3,(H,24,27). The van der Waals surface area contributed by atoms with Gasteiger partial charge in [-0.1, -0.05) is 36.4 Å². The molecule has 2 aromatic carbocycles. The average molecular weight is 430 g/mol. The van der Waals surface area contributed by atoms with Crippen LogP contribution in [0.25, 0.3) is 0 Å². The lowest BCUT2D eigenvalue weighted by Crippen LogP contribution is -2.40. The van der Waals surface area contributed by atoms with Crippen LogP contribution in [0.15, 0.2) is 42.5 Å². The van der Waals surface area contributed by atoms with E-state index >= 15 is 0 Å². The Hall–Kier alpha value is -2.38. The average Bonchev–Trinajstić information content (AvgIpc) is 3.20. The maximum absolute atomic E-state index is 12.7. The molecule has 1 aliphatic heterocycles. The molecule has 0 aromatic heterocycles. The quantitative estimate of drug-likeness (QED) is 0.700. The number of nitrogens with one attached hydrogen (secondary N) is 1. The molecule has 0 atom stereocenters. The van der Waals surface area contributed by atoms with Crippen molar-refractivity contribution in [2.75, 3.05) is 30.2 Å². The maximum atomic E-state index is 12.7. The summed E-state index contributed by atoms with van der Waals surface area (Å²) in [6.07, 6.45) is 3.60. The molecule has 0 aliphatic carbocycles. The molecule has 2 aromatic rings. The number of anilines is 1. The maximum Gasteiger partial charge on any atom is 0.241 e. The van der Waals surface area contributed by atoms with Crippen molar-refractivity contribution in [3.05, 3.63) is 64.7 Å². The van der Waals surface area contributed by atoms with Crippen LogP contribution in [0.3, 0.4) is 0 Å². The third-order valence-corrected chi connectivity index (χ3v) is 6.63. The van der Waals surface area contributed by atoms with Crippen LogP contribution in [-0.4, -0.2) is 45.1 Å². The van der Waals surface area contributed by atoms with Gasteiger partial charge in [-0.3, -0.25) is 14.0 Å². The van der Waals surface area contributed by atoms with Crippen LogP contribution in [-0.2, 0) is 27.9 Å². The molecule has 6 nitrogen and oxygen atoms in total. The summed E-state index contributed by atoms with van der Waals surface area (Å²) >= 11 is 0. The van der Waals surface area contributed by atoms with Gasteiger partial charge in [0.05, 0.1) is 11.9 Å². The molecule has 1 aliphatic rings. The van der Waals surface area contributed by atoms with Crippen LogP contribution in [0.4, 0.5) is 5.69 Å². The molecule has 30 heavy (non-hydrogen) atoms. The van der Waals surface area contributed by atoms with Gasteiger partial charge in [0, 0.05) is 13.1 Å². The normalized spacial score (nSPS) is 14.6. The first kappa shape index (κ1) is 22.3. The smallest absolute Gasteiger partial charge is 0.241 e. The van der Waals surface area contributed by atoms with E-state index in [2.05, 4.69) is 16.3 Å². The zero-order valence-electron chi connectivity index (χ0n) is 18.0. The molecule has 7 heteroatoms. The van der Waals surface area contributed by atoms with Gasteiger partial charge in [-0.15, -0.1) is 0 Å². The zero-order valence-corrected chi connectivity index (χ0v) is 18.8. The molecule has 0 unspecified atom stereocenters. The van der Waals surface area contributed by atoms with Crippen molar-refractivity contribution in [1.82, 2.24) is 10.2 Å². The molecule has 0 saturated carbocycles. The lowest BCUT2D eigenvalue weighted by atomic mass is 10.1. The van der Waals surface area contributed by atoms with E-state index in [1.54, 1.807) is 6.07 Å². The summed E-state index contributed by atoms with van der Waals surface area (Å²) in [6, 6.07) is 13.7. The van der Waals surface area contributed by atoms with Gasteiger partial charge in [-0.05, 0) is 68.1 Å². The van der Waals surface area contributed by atoms with Gasteiger partial charge < -0.3 is 5.32 Å². The second-order valence-electron chi connectivity index (χ2n) is 8.09. The highest BCUT2D eigenvalue weighted by molar-refractivity contribution is 7.92. The number of rotatable bonds is 8. The molecule has 1 amide bonds. The number of hydrogen-bond donors (Lipinski definition) is 1. The van der Waals surface area contributed by atoms with Crippen LogP contribution in [0.5, 0.6) is 0 Å². The van der Waals surface area contributed by atoms with Gasteiger partial charge in [-0.2, -0.15) is 0 Å². The van der Waals surface area contributed by atoms with Gasteiger partial charge in [0.2, 0.25) is 15.9 Å². The molecule has 0 radical (unpaired) electrons. The summed E-state index contributed by atoms with van der Waals surface area (Å²) in [4.78, 5) is 15.1. The predicted molar refractivity (Wildman–Crippen MR) is 121 cm³/mol. The molecule has 1 fully saturated rings. The van der Waals surface area contributed by atoms with Gasteiger partial charge in [-0.25, -0.2) is 8.42 Å². The Balaban J connectivity index is 1.69. The molecular formula is C23H31N3O3S. The first-order valence-electron chi connectivity index (χ1n) is 10.3. The highest BCUT2D eigenvalue weighted by atomic mass is 32.2. The van der Waals surface area contributed by atoms with Crippen LogP contribution < -0.4 is 9.62 Å². The lowest BCUT2D eigenvalue weighted by molar-refractivity contribution is -0.119. The SMILES string of the molecule is Cc1ccc(C)c(N(CC(=O)NCc2ccccc2CN2CCCC2)S(C)(=O)=O)c1. The van der Waals surface area contributed by atoms with E-state index in [9.17, 15) is 13.2 Å². The minimum Gasteiger partial charge on any atom is -0.350 e. The fourth-order valence-corrected chi connectivity index (χ4v) is 4.72. The number of amides is 1. The highest BCUT2D eigenvalue weighted by Gasteiger charge is 2.22. The van der Waals surface area contributed by atoms with Crippen molar-refractivity contribution < 1.29 is 13.2 Å². The Morgan fingerprint density at radius 3 is 2.40 bits per heavy atom. The summed E-state index contributed by atoms with van der Waals surface area (Å²) < 4.78 is 26.0. The molecule has 1 N–H and O–H groups in total. The van der Waals surface area contributed by atoms with E-state index in [0.29, 0.717) is 12.2 Å². The number of carbonyl (C=O) groups is 1. The van der Waals surface area contributed by atoms with Crippen molar-refractivity contribution >= 4 is 21.6 Å². The van der Waals surface area contributed by atoms with Gasteiger partial charge in [0.25, 0.3) is 0 Å². The molecule has 1 heterocycles. The first-order valence-corrected chi connectivity index (χ1v) is 12.2. The first-order chi connectivity index (χ1) is 14.2. The summed E-state index contributed by atoms with van der Waals surface area (Å²) in [7, 11) is -3.59. The van der Waals surface area contributed by atoms with Crippen LogP contribution >= 0.6 is 0 Å². The Labute approximate surface area is 179 Å². The van der Waals surface area contributed by atoms with Gasteiger partial charge >= 0.3 is 0 Å². The van der Waals surface area contributed by atoms with E-state index in [-0.39, 0.29) is 12.5 Å². The number of likely N-dealkylation sites (tertiary alicyclic amines) is 1. The zero-order chi connectivity index (χ0) is 21.7. The number of nitrogens with zero attached hydrogens (tertiary/aromatic N) is 2. The minimum absolute atomic E-state index is 0.239. The van der Waals surface area contributed by atoms with Crippen LogP contribution in [0.2, 0.25) is 0 Å². The minimum atomic E-state index is -3.59. The number of sulfonamides is 1. The van der Waals surface area contributed by atoms with E-state index in [4.69, 9.17) is 0 Å². The highest BCUT2D eigenvalue weighted by Crippen LogP contribution is 2.23. The van der Waals surface area contributed by atoms with Crippen molar-refractivity contribution in [2.24, 2.45) is 0 Å². The Kier molecular flexibility index (Phi) is 7.15. The molecule has 0 spiro atoms. The summed E-state index contributed by atoms with van der Waals surface area (Å²) in [5.74, 6) is -0.322. The van der Waals surface area contributed by atoms with Gasteiger partial charge in [0.1, 0.15) is 6.54 Å². The third kappa shape index (κ3) is 5.83. The summed E-state index contributed by atoms with van der Waals surface area (Å²) in [5.41, 5.74) is 4.57. The number of carbonyl (C=O) groups excluding carboxylic acids is 1. The van der Waals surface area contributed by atoms with Gasteiger partial charge in [0.15, 0.2) is 0 Å². The van der Waals surface area contributed by atoms with E-state index < -0.39 is 10.0 Å². The monoisotopic (exact) mass is 429 g/mol. The van der Waals surface area contributed by atoms with Crippen LogP contribution in [0.1, 0.15) is 35.1 Å². The molecule has 1 saturated heterocycles.